The number of carbonyl (C=O) groups excluding carboxylic acids is 2. The van der Waals surface area contributed by atoms with E-state index in [0.717, 1.165) is 57.8 Å². The molecule has 1 amide bonds. The molecule has 0 radical (unpaired) electrons. The van der Waals surface area contributed by atoms with Gasteiger partial charge in [0.15, 0.2) is 0 Å². The summed E-state index contributed by atoms with van der Waals surface area (Å²) in [6.07, 6.45) is 59.5. The number of carbonyl (C=O) groups is 2. The summed E-state index contributed by atoms with van der Waals surface area (Å²) < 4.78 is 5.95. The number of hydrogen-bond donors (Lipinski definition) is 3. The van der Waals surface area contributed by atoms with Gasteiger partial charge in [0.1, 0.15) is 6.10 Å². The van der Waals surface area contributed by atoms with Crippen molar-refractivity contribution >= 4 is 11.9 Å². The average molecular weight is 889 g/mol. The molecule has 0 aromatic heterocycles. The first kappa shape index (κ1) is 61.3. The summed E-state index contributed by atoms with van der Waals surface area (Å²) in [7, 11) is 0. The minimum atomic E-state index is -0.785. The highest BCUT2D eigenvalue weighted by molar-refractivity contribution is 5.77. The van der Waals surface area contributed by atoms with Crippen LogP contribution in [0.1, 0.15) is 303 Å². The zero-order valence-corrected chi connectivity index (χ0v) is 42.5. The highest BCUT2D eigenvalue weighted by atomic mass is 16.5. The molecule has 372 valence electrons. The van der Waals surface area contributed by atoms with E-state index < -0.39 is 18.2 Å². The highest BCUT2D eigenvalue weighted by Crippen LogP contribution is 2.19. The Kier molecular flexibility index (Phi) is 50.0. The molecule has 0 saturated carbocycles. The van der Waals surface area contributed by atoms with Gasteiger partial charge in [-0.1, -0.05) is 257 Å². The number of aliphatic hydroxyl groups excluding tert-OH is 2. The van der Waals surface area contributed by atoms with E-state index in [4.69, 9.17) is 4.74 Å². The van der Waals surface area contributed by atoms with Crippen LogP contribution >= 0.6 is 0 Å². The van der Waals surface area contributed by atoms with Crippen molar-refractivity contribution in [1.29, 1.82) is 0 Å². The van der Waals surface area contributed by atoms with Crippen molar-refractivity contribution in [3.05, 3.63) is 24.3 Å². The normalized spacial score (nSPS) is 13.3. The van der Waals surface area contributed by atoms with E-state index in [1.54, 1.807) is 0 Å². The Bertz CT molecular complexity index is 997. The van der Waals surface area contributed by atoms with Crippen LogP contribution in [0.2, 0.25) is 0 Å². The summed E-state index contributed by atoms with van der Waals surface area (Å²) in [6, 6.07) is -0.698. The molecule has 0 aliphatic heterocycles. The molecular formula is C57H109NO5. The number of ether oxygens (including phenoxy) is 1. The smallest absolute Gasteiger partial charge is 0.306 e. The first-order chi connectivity index (χ1) is 31.0. The molecule has 0 aliphatic carbocycles. The number of allylic oxidation sites excluding steroid dienone is 4. The standard InChI is InChI=1S/C57H109NO5/c1-4-7-10-13-16-19-22-25-27-28-29-32-35-38-41-44-47-50-57(62)63-53(48-45-42-39-36-33-30-24-21-18-15-12-9-6-3)51-56(61)58-54(52-59)55(60)49-46-43-40-37-34-31-26-23-20-17-14-11-8-5-2/h16,19,25,27,53-55,59-60H,4-15,17-18,20-24,26,28-52H2,1-3H3,(H,58,61)/b19-16-,27-25-. The highest BCUT2D eigenvalue weighted by Gasteiger charge is 2.24. The number of esters is 1. The van der Waals surface area contributed by atoms with Gasteiger partial charge in [0, 0.05) is 6.42 Å². The molecule has 6 nitrogen and oxygen atoms in total. The first-order valence-corrected chi connectivity index (χ1v) is 28.1. The molecule has 0 aromatic carbocycles. The molecule has 0 aromatic rings. The van der Waals surface area contributed by atoms with Crippen LogP contribution in [0.5, 0.6) is 0 Å². The monoisotopic (exact) mass is 888 g/mol. The lowest BCUT2D eigenvalue weighted by Crippen LogP contribution is -2.46. The van der Waals surface area contributed by atoms with Gasteiger partial charge < -0.3 is 20.3 Å². The predicted molar refractivity (Wildman–Crippen MR) is 273 cm³/mol. The average Bonchev–Trinajstić information content (AvgIpc) is 3.28. The van der Waals surface area contributed by atoms with E-state index in [-0.39, 0.29) is 24.9 Å². The summed E-state index contributed by atoms with van der Waals surface area (Å²) >= 11 is 0. The lowest BCUT2D eigenvalue weighted by Gasteiger charge is -2.24. The van der Waals surface area contributed by atoms with Crippen LogP contribution in [0, 0.1) is 0 Å². The summed E-state index contributed by atoms with van der Waals surface area (Å²) in [5, 5.41) is 23.8. The number of hydrogen-bond acceptors (Lipinski definition) is 5. The van der Waals surface area contributed by atoms with Gasteiger partial charge in [-0.3, -0.25) is 9.59 Å². The molecule has 0 rings (SSSR count). The molecule has 3 unspecified atom stereocenters. The van der Waals surface area contributed by atoms with Crippen molar-refractivity contribution in [1.82, 2.24) is 5.32 Å². The second-order valence-electron chi connectivity index (χ2n) is 19.3. The van der Waals surface area contributed by atoms with Gasteiger partial charge in [-0.05, 0) is 57.8 Å². The van der Waals surface area contributed by atoms with Crippen LogP contribution < -0.4 is 5.32 Å². The van der Waals surface area contributed by atoms with Gasteiger partial charge in [0.05, 0.1) is 25.2 Å². The van der Waals surface area contributed by atoms with Crippen LogP contribution in [0.25, 0.3) is 0 Å². The molecular weight excluding hydrogens is 779 g/mol. The summed E-state index contributed by atoms with van der Waals surface area (Å²) in [4.78, 5) is 26.2. The summed E-state index contributed by atoms with van der Waals surface area (Å²) in [5.41, 5.74) is 0. The van der Waals surface area contributed by atoms with E-state index in [2.05, 4.69) is 50.4 Å². The Morgan fingerprint density at radius 1 is 0.460 bits per heavy atom. The van der Waals surface area contributed by atoms with Gasteiger partial charge in [0.25, 0.3) is 0 Å². The summed E-state index contributed by atoms with van der Waals surface area (Å²) in [6.45, 7) is 6.49. The fourth-order valence-corrected chi connectivity index (χ4v) is 8.76. The van der Waals surface area contributed by atoms with E-state index in [1.165, 1.54) is 199 Å². The number of rotatable bonds is 51. The van der Waals surface area contributed by atoms with Crippen molar-refractivity contribution in [2.75, 3.05) is 6.61 Å². The Labute approximate surface area is 392 Å². The van der Waals surface area contributed by atoms with Gasteiger partial charge in [0.2, 0.25) is 5.91 Å². The zero-order valence-electron chi connectivity index (χ0n) is 42.5. The number of nitrogens with one attached hydrogen (secondary N) is 1. The Morgan fingerprint density at radius 2 is 0.810 bits per heavy atom. The second-order valence-corrected chi connectivity index (χ2v) is 19.3. The molecule has 63 heavy (non-hydrogen) atoms. The van der Waals surface area contributed by atoms with Gasteiger partial charge in [-0.15, -0.1) is 0 Å². The van der Waals surface area contributed by atoms with Gasteiger partial charge in [-0.25, -0.2) is 0 Å². The Morgan fingerprint density at radius 3 is 1.24 bits per heavy atom. The van der Waals surface area contributed by atoms with Gasteiger partial charge >= 0.3 is 5.97 Å². The SMILES string of the molecule is CCCCC/C=C\C/C=C\CCCCCCCCCC(=O)OC(CCCCCCCCCCCCCCC)CC(=O)NC(CO)C(O)CCCCCCCCCCCCCCCC. The van der Waals surface area contributed by atoms with Crippen LogP contribution in [0.4, 0.5) is 0 Å². The topological polar surface area (TPSA) is 95.9 Å². The third kappa shape index (κ3) is 46.7. The molecule has 0 bridgehead atoms. The van der Waals surface area contributed by atoms with Crippen molar-refractivity contribution in [3.63, 3.8) is 0 Å². The van der Waals surface area contributed by atoms with Crippen molar-refractivity contribution < 1.29 is 24.5 Å². The molecule has 0 spiro atoms. The van der Waals surface area contributed by atoms with Crippen molar-refractivity contribution in [2.24, 2.45) is 0 Å². The van der Waals surface area contributed by atoms with E-state index in [0.29, 0.717) is 19.3 Å². The quantitative estimate of drug-likeness (QED) is 0.0321. The van der Waals surface area contributed by atoms with Crippen LogP contribution in [0.3, 0.4) is 0 Å². The maximum Gasteiger partial charge on any atom is 0.306 e. The minimum Gasteiger partial charge on any atom is -0.462 e. The number of unbranched alkanes of at least 4 members (excludes halogenated alkanes) is 35. The number of aliphatic hydroxyl groups is 2. The Hall–Kier alpha value is -1.66. The van der Waals surface area contributed by atoms with Crippen LogP contribution in [0.15, 0.2) is 24.3 Å². The fraction of sp³-hybridized carbons (Fsp3) is 0.895. The summed E-state index contributed by atoms with van der Waals surface area (Å²) in [5.74, 6) is -0.465. The first-order valence-electron chi connectivity index (χ1n) is 28.1. The zero-order chi connectivity index (χ0) is 45.9. The largest absolute Gasteiger partial charge is 0.462 e. The molecule has 6 heteroatoms. The second kappa shape index (κ2) is 51.3. The van der Waals surface area contributed by atoms with Gasteiger partial charge in [-0.2, -0.15) is 0 Å². The van der Waals surface area contributed by atoms with Crippen LogP contribution in [-0.4, -0.2) is 46.9 Å². The molecule has 0 fully saturated rings. The maximum atomic E-state index is 13.2. The molecule has 3 atom stereocenters. The Balaban J connectivity index is 4.51. The van der Waals surface area contributed by atoms with Crippen LogP contribution in [-0.2, 0) is 14.3 Å². The fourth-order valence-electron chi connectivity index (χ4n) is 8.76. The van der Waals surface area contributed by atoms with Crippen molar-refractivity contribution in [3.8, 4) is 0 Å². The lowest BCUT2D eigenvalue weighted by molar-refractivity contribution is -0.151. The third-order valence-electron chi connectivity index (χ3n) is 13.0. The number of amides is 1. The molecule has 0 aliphatic rings. The van der Waals surface area contributed by atoms with E-state index >= 15 is 0 Å². The maximum absolute atomic E-state index is 13.2. The third-order valence-corrected chi connectivity index (χ3v) is 13.0. The predicted octanol–water partition coefficient (Wildman–Crippen LogP) is 17.1. The molecule has 0 saturated heterocycles. The molecule has 3 N–H and O–H groups in total. The minimum absolute atomic E-state index is 0.0804. The molecule has 0 heterocycles. The van der Waals surface area contributed by atoms with E-state index in [1.807, 2.05) is 0 Å². The van der Waals surface area contributed by atoms with E-state index in [9.17, 15) is 19.8 Å². The van der Waals surface area contributed by atoms with Crippen molar-refractivity contribution in [2.45, 2.75) is 322 Å². The lowest BCUT2D eigenvalue weighted by atomic mass is 10.0.